The Bertz CT molecular complexity index is 2080. The number of imide groups is 4. The molecule has 2 N–H and O–H groups in total. The van der Waals surface area contributed by atoms with E-state index >= 15 is 9.18 Å². The predicted octanol–water partition coefficient (Wildman–Crippen LogP) is 6.00. The molecule has 1 aromatic heterocycles. The molecular weight excluding hydrogens is 723 g/mol. The van der Waals surface area contributed by atoms with Crippen LogP contribution in [0.3, 0.4) is 0 Å². The first-order valence-corrected chi connectivity index (χ1v) is 16.1. The number of hydrogen-bond donors (Lipinski definition) is 2. The van der Waals surface area contributed by atoms with Gasteiger partial charge < -0.3 is 9.84 Å². The summed E-state index contributed by atoms with van der Waals surface area (Å²) in [5.74, 6) is -11.9. The first kappa shape index (κ1) is 34.4. The number of para-hydroxylation sites is 1. The van der Waals surface area contributed by atoms with Crippen LogP contribution in [0.5, 0.6) is 5.75 Å². The molecule has 1 saturated carbocycles. The van der Waals surface area contributed by atoms with E-state index in [2.05, 4.69) is 15.1 Å². The molecule has 264 valence electrons. The SMILES string of the molecule is COC(=O)N1C(=O)C2CC=C3C(CC4C(=O)N(Nc5ncc(C(F)(F)F)cc5Cl)C(=O)C4(c4ccc(Cl)cc4)C3c3cccc(F)c3O)C2C1=O. The summed E-state index contributed by atoms with van der Waals surface area (Å²) in [6.07, 6.45) is -4.28. The highest BCUT2D eigenvalue weighted by Crippen LogP contribution is 2.65. The normalized spacial score (nSPS) is 27.2. The van der Waals surface area contributed by atoms with Crippen molar-refractivity contribution in [3.63, 3.8) is 0 Å². The zero-order valence-electron chi connectivity index (χ0n) is 26.1. The number of nitrogens with zero attached hydrogens (tertiary/aromatic N) is 3. The van der Waals surface area contributed by atoms with Gasteiger partial charge in [0.1, 0.15) is 0 Å². The highest BCUT2D eigenvalue weighted by molar-refractivity contribution is 6.33. The summed E-state index contributed by atoms with van der Waals surface area (Å²) in [5, 5.41) is 11.5. The highest BCUT2D eigenvalue weighted by atomic mass is 35.5. The van der Waals surface area contributed by atoms with Gasteiger partial charge >= 0.3 is 12.3 Å². The molecule has 3 fully saturated rings. The van der Waals surface area contributed by atoms with E-state index in [0.29, 0.717) is 27.7 Å². The summed E-state index contributed by atoms with van der Waals surface area (Å²) >= 11 is 12.4. The number of pyridine rings is 1. The Morgan fingerprint density at radius 2 is 1.75 bits per heavy atom. The number of phenols is 1. The number of aromatic nitrogens is 1. The number of aromatic hydroxyl groups is 1. The van der Waals surface area contributed by atoms with E-state index in [1.165, 1.54) is 36.4 Å². The van der Waals surface area contributed by atoms with Gasteiger partial charge in [-0.25, -0.2) is 14.2 Å². The Morgan fingerprint density at radius 3 is 2.39 bits per heavy atom. The molecule has 2 aliphatic carbocycles. The lowest BCUT2D eigenvalue weighted by molar-refractivity contribution is -0.140. The second kappa shape index (κ2) is 12.0. The molecule has 17 heteroatoms. The summed E-state index contributed by atoms with van der Waals surface area (Å²) in [7, 11) is 1.00. The molecule has 6 atom stereocenters. The van der Waals surface area contributed by atoms with Gasteiger partial charge in [0.15, 0.2) is 17.4 Å². The number of anilines is 1. The topological polar surface area (TPSA) is 146 Å². The minimum Gasteiger partial charge on any atom is -0.505 e. The Morgan fingerprint density at radius 1 is 1.04 bits per heavy atom. The van der Waals surface area contributed by atoms with E-state index in [1.54, 1.807) is 6.08 Å². The van der Waals surface area contributed by atoms with E-state index in [0.717, 1.165) is 13.2 Å². The molecule has 11 nitrogen and oxygen atoms in total. The minimum atomic E-state index is -4.80. The van der Waals surface area contributed by atoms with E-state index in [4.69, 9.17) is 23.2 Å². The van der Waals surface area contributed by atoms with Crippen LogP contribution in [0, 0.1) is 29.5 Å². The summed E-state index contributed by atoms with van der Waals surface area (Å²) in [6, 6.07) is 10.1. The standard InChI is InChI=1S/C34H24Cl2F4N4O7/c1-51-32(50)43-28(46)18-10-9-17-20(24(18)30(43)48)12-21-29(47)44(42-27-22(36)11-15(13-41-27)34(38,39)40)31(49)33(21,14-5-7-16(35)8-6-14)25(17)19-3-2-4-23(37)26(19)45/h2-9,11,13,18,20-21,24-25,45H,10,12H2,1H3,(H,41,42). The molecule has 4 aliphatic rings. The number of fused-ring (bicyclic) bond motifs is 4. The van der Waals surface area contributed by atoms with Crippen LogP contribution in [0.4, 0.5) is 28.2 Å². The van der Waals surface area contributed by atoms with E-state index in [1.807, 2.05) is 0 Å². The molecular formula is C34H24Cl2F4N4O7. The molecule has 2 aliphatic heterocycles. The number of hydrazine groups is 1. The van der Waals surface area contributed by atoms with Crippen molar-refractivity contribution >= 4 is 58.7 Å². The van der Waals surface area contributed by atoms with Crippen molar-refractivity contribution in [1.29, 1.82) is 0 Å². The van der Waals surface area contributed by atoms with E-state index in [9.17, 15) is 37.5 Å². The highest BCUT2D eigenvalue weighted by Gasteiger charge is 2.71. The third-order valence-corrected chi connectivity index (χ3v) is 10.8. The van der Waals surface area contributed by atoms with E-state index in [-0.39, 0.29) is 29.0 Å². The zero-order chi connectivity index (χ0) is 36.7. The van der Waals surface area contributed by atoms with Gasteiger partial charge in [0, 0.05) is 22.7 Å². The summed E-state index contributed by atoms with van der Waals surface area (Å²) in [6.45, 7) is 0. The minimum absolute atomic E-state index is 0.0856. The molecule has 2 saturated heterocycles. The number of benzene rings is 2. The summed E-state index contributed by atoms with van der Waals surface area (Å²) in [4.78, 5) is 73.4. The number of halogens is 6. The number of allylic oxidation sites excluding steroid dienone is 2. The molecule has 3 aromatic rings. The molecule has 3 heterocycles. The lowest BCUT2D eigenvalue weighted by Gasteiger charge is -2.50. The van der Waals surface area contributed by atoms with Crippen LogP contribution in [0.1, 0.15) is 35.4 Å². The molecule has 6 unspecified atom stereocenters. The van der Waals surface area contributed by atoms with Crippen molar-refractivity contribution in [3.8, 4) is 5.75 Å². The molecule has 0 spiro atoms. The number of ether oxygens (including phenoxy) is 1. The molecule has 0 radical (unpaired) electrons. The van der Waals surface area contributed by atoms with Crippen LogP contribution in [0.15, 0.2) is 66.4 Å². The van der Waals surface area contributed by atoms with Gasteiger partial charge in [0.25, 0.3) is 11.8 Å². The van der Waals surface area contributed by atoms with Crippen LogP contribution in [-0.4, -0.2) is 56.8 Å². The number of alkyl halides is 3. The Hall–Kier alpha value is -5.02. The molecule has 7 rings (SSSR count). The largest absolute Gasteiger partial charge is 0.505 e. The number of nitrogens with one attached hydrogen (secondary N) is 1. The third kappa shape index (κ3) is 4.99. The lowest BCUT2D eigenvalue weighted by Crippen LogP contribution is -2.53. The fraction of sp³-hybridized carbons (Fsp3) is 0.294. The maximum atomic E-state index is 15.2. The maximum absolute atomic E-state index is 15.2. The zero-order valence-corrected chi connectivity index (χ0v) is 27.6. The molecule has 51 heavy (non-hydrogen) atoms. The van der Waals surface area contributed by atoms with Gasteiger partial charge in [-0.3, -0.25) is 24.6 Å². The number of rotatable bonds is 4. The number of phenolic OH excluding ortho intramolecular Hbond substituents is 1. The van der Waals surface area contributed by atoms with Crippen LogP contribution < -0.4 is 5.43 Å². The second-order valence-corrected chi connectivity index (χ2v) is 13.4. The van der Waals surface area contributed by atoms with Gasteiger partial charge in [0.05, 0.1) is 40.9 Å². The van der Waals surface area contributed by atoms with Crippen LogP contribution in [0.25, 0.3) is 0 Å². The average Bonchev–Trinajstić information content (AvgIpc) is 3.47. The lowest BCUT2D eigenvalue weighted by atomic mass is 9.49. The van der Waals surface area contributed by atoms with Gasteiger partial charge in [-0.15, -0.1) is 0 Å². The van der Waals surface area contributed by atoms with Gasteiger partial charge in [0.2, 0.25) is 11.8 Å². The van der Waals surface area contributed by atoms with Gasteiger partial charge in [-0.05, 0) is 48.6 Å². The van der Waals surface area contributed by atoms with Crippen molar-refractivity contribution in [2.45, 2.75) is 30.4 Å². The monoisotopic (exact) mass is 746 g/mol. The van der Waals surface area contributed by atoms with E-state index < -0.39 is 98.9 Å². The number of methoxy groups -OCH3 is 1. The van der Waals surface area contributed by atoms with Crippen molar-refractivity contribution in [3.05, 3.63) is 98.9 Å². The predicted molar refractivity (Wildman–Crippen MR) is 169 cm³/mol. The number of carbonyl (C=O) groups is 5. The average molecular weight is 747 g/mol. The number of amides is 5. The van der Waals surface area contributed by atoms with Crippen LogP contribution in [0.2, 0.25) is 10.0 Å². The Kier molecular flexibility index (Phi) is 8.13. The molecule has 5 amide bonds. The van der Waals surface area contributed by atoms with Crippen molar-refractivity contribution in [1.82, 2.24) is 14.9 Å². The number of likely N-dealkylation sites (tertiary alicyclic amines) is 1. The molecule has 2 aromatic carbocycles. The maximum Gasteiger partial charge on any atom is 0.423 e. The Labute approximate surface area is 295 Å². The second-order valence-electron chi connectivity index (χ2n) is 12.6. The number of carbonyl (C=O) groups excluding carboxylic acids is 5. The fourth-order valence-electron chi connectivity index (χ4n) is 8.16. The van der Waals surface area contributed by atoms with Gasteiger partial charge in [-0.2, -0.15) is 23.1 Å². The first-order valence-electron chi connectivity index (χ1n) is 15.4. The third-order valence-electron chi connectivity index (χ3n) is 10.2. The summed E-state index contributed by atoms with van der Waals surface area (Å²) < 4.78 is 59.9. The Balaban J connectivity index is 1.45. The van der Waals surface area contributed by atoms with Gasteiger partial charge in [-0.1, -0.05) is 59.1 Å². The summed E-state index contributed by atoms with van der Waals surface area (Å²) in [5.41, 5.74) is -0.316. The van der Waals surface area contributed by atoms with Crippen LogP contribution >= 0.6 is 23.2 Å². The smallest absolute Gasteiger partial charge is 0.423 e. The van der Waals surface area contributed by atoms with Crippen molar-refractivity contribution in [2.75, 3.05) is 12.5 Å². The number of hydrogen-bond acceptors (Lipinski definition) is 9. The quantitative estimate of drug-likeness (QED) is 0.186. The first-order chi connectivity index (χ1) is 24.1. The molecule has 0 bridgehead atoms. The van der Waals surface area contributed by atoms with Crippen molar-refractivity contribution in [2.24, 2.45) is 23.7 Å². The van der Waals surface area contributed by atoms with Crippen molar-refractivity contribution < 1.29 is 51.4 Å². The fourth-order valence-corrected chi connectivity index (χ4v) is 8.50. The van der Waals surface area contributed by atoms with Crippen LogP contribution in [-0.2, 0) is 35.5 Å².